The van der Waals surface area contributed by atoms with E-state index in [0.717, 1.165) is 44.1 Å². The number of hydrogen-bond donors (Lipinski definition) is 0. The lowest BCUT2D eigenvalue weighted by Gasteiger charge is -2.35. The van der Waals surface area contributed by atoms with Gasteiger partial charge in [0, 0.05) is 20.1 Å². The molecule has 0 saturated heterocycles. The highest BCUT2D eigenvalue weighted by Gasteiger charge is 2.34. The van der Waals surface area contributed by atoms with Crippen LogP contribution in [0.2, 0.25) is 0 Å². The van der Waals surface area contributed by atoms with Gasteiger partial charge < -0.3 is 0 Å². The molecule has 1 nitrogen and oxygen atoms in total. The fourth-order valence-corrected chi connectivity index (χ4v) is 4.29. The third-order valence-electron chi connectivity index (χ3n) is 5.12. The van der Waals surface area contributed by atoms with Crippen molar-refractivity contribution in [3.05, 3.63) is 79.7 Å². The summed E-state index contributed by atoms with van der Waals surface area (Å²) in [6.07, 6.45) is 5.76. The van der Waals surface area contributed by atoms with E-state index in [1.54, 1.807) is 0 Å². The average molecular weight is 488 g/mol. The third kappa shape index (κ3) is 5.30. The maximum Gasteiger partial charge on any atom is 0.185 e. The first-order chi connectivity index (χ1) is 12.7. The second kappa shape index (κ2) is 8.28. The third-order valence-corrected chi connectivity index (χ3v) is 6.11. The van der Waals surface area contributed by atoms with Crippen molar-refractivity contribution in [2.45, 2.75) is 33.6 Å². The number of rotatable bonds is 2. The van der Waals surface area contributed by atoms with E-state index in [4.69, 9.17) is 0 Å². The van der Waals surface area contributed by atoms with Gasteiger partial charge in [-0.2, -0.15) is 0 Å². The molecule has 0 radical (unpaired) electrons. The van der Waals surface area contributed by atoms with E-state index in [-0.39, 0.29) is 11.2 Å². The van der Waals surface area contributed by atoms with Gasteiger partial charge >= 0.3 is 0 Å². The highest BCUT2D eigenvalue weighted by atomic mass is 79.9. The summed E-state index contributed by atoms with van der Waals surface area (Å²) in [7, 11) is 0. The second-order valence-electron chi connectivity index (χ2n) is 8.25. The van der Waals surface area contributed by atoms with Crippen molar-refractivity contribution in [2.75, 3.05) is 0 Å². The first-order valence-corrected chi connectivity index (χ1v) is 10.8. The van der Waals surface area contributed by atoms with Crippen LogP contribution in [0, 0.1) is 11.3 Å². The first kappa shape index (κ1) is 20.3. The Hall–Kier alpha value is -1.45. The van der Waals surface area contributed by atoms with Crippen LogP contribution in [0.1, 0.15) is 44.7 Å². The molecule has 1 aliphatic carbocycles. The van der Waals surface area contributed by atoms with Crippen molar-refractivity contribution in [1.82, 2.24) is 0 Å². The smallest absolute Gasteiger partial charge is 0.185 e. The van der Waals surface area contributed by atoms with Crippen LogP contribution in [0.4, 0.5) is 0 Å². The largest absolute Gasteiger partial charge is 0.289 e. The van der Waals surface area contributed by atoms with Crippen LogP contribution in [-0.2, 0) is 4.79 Å². The van der Waals surface area contributed by atoms with Crippen LogP contribution in [0.5, 0.6) is 0 Å². The summed E-state index contributed by atoms with van der Waals surface area (Å²) < 4.78 is 2.05. The molecule has 1 saturated carbocycles. The summed E-state index contributed by atoms with van der Waals surface area (Å²) in [6, 6.07) is 16.2. The minimum atomic E-state index is 0.146. The molecule has 0 atom stereocenters. The van der Waals surface area contributed by atoms with Crippen LogP contribution in [-0.4, -0.2) is 5.78 Å². The molecule has 0 bridgehead atoms. The van der Waals surface area contributed by atoms with Gasteiger partial charge in [-0.25, -0.2) is 0 Å². The predicted octanol–water partition coefficient (Wildman–Crippen LogP) is 7.70. The molecule has 0 unspecified atom stereocenters. The molecule has 27 heavy (non-hydrogen) atoms. The van der Waals surface area contributed by atoms with Crippen molar-refractivity contribution in [3.8, 4) is 0 Å². The maximum atomic E-state index is 13.2. The monoisotopic (exact) mass is 486 g/mol. The Balaban J connectivity index is 2.02. The van der Waals surface area contributed by atoms with Crippen LogP contribution in [0.3, 0.4) is 0 Å². The lowest BCUT2D eigenvalue weighted by molar-refractivity contribution is -0.113. The molecule has 0 N–H and O–H groups in total. The highest BCUT2D eigenvalue weighted by molar-refractivity contribution is 9.10. The van der Waals surface area contributed by atoms with Gasteiger partial charge in [0.05, 0.1) is 0 Å². The normalized spacial score (nSPS) is 21.1. The number of Topliss-reactive ketones (excluding diaryl/α,β-unsaturated/α-hetero) is 1. The fraction of sp³-hybridized carbons (Fsp3) is 0.292. The number of halogens is 2. The van der Waals surface area contributed by atoms with E-state index in [2.05, 4.69) is 76.9 Å². The molecule has 0 amide bonds. The quantitative estimate of drug-likeness (QED) is 0.396. The summed E-state index contributed by atoms with van der Waals surface area (Å²) in [4.78, 5) is 13.2. The van der Waals surface area contributed by atoms with Crippen molar-refractivity contribution in [3.63, 3.8) is 0 Å². The highest BCUT2D eigenvalue weighted by Crippen LogP contribution is 2.42. The van der Waals surface area contributed by atoms with E-state index in [1.165, 1.54) is 0 Å². The summed E-state index contributed by atoms with van der Waals surface area (Å²) in [5.74, 6) is 0.613. The van der Waals surface area contributed by atoms with Gasteiger partial charge in [-0.15, -0.1) is 0 Å². The molecule has 0 heterocycles. The minimum absolute atomic E-state index is 0.146. The zero-order valence-corrected chi connectivity index (χ0v) is 19.1. The number of ketones is 1. The minimum Gasteiger partial charge on any atom is -0.289 e. The van der Waals surface area contributed by atoms with Gasteiger partial charge in [0.15, 0.2) is 5.78 Å². The van der Waals surface area contributed by atoms with E-state index in [9.17, 15) is 4.79 Å². The average Bonchev–Trinajstić information content (AvgIpc) is 2.57. The van der Waals surface area contributed by atoms with Gasteiger partial charge in [-0.3, -0.25) is 4.79 Å². The molecule has 2 aromatic rings. The van der Waals surface area contributed by atoms with E-state index < -0.39 is 0 Å². The summed E-state index contributed by atoms with van der Waals surface area (Å²) in [5, 5.41) is 0. The zero-order valence-electron chi connectivity index (χ0n) is 15.9. The predicted molar refractivity (Wildman–Crippen MR) is 121 cm³/mol. The Kier molecular flexibility index (Phi) is 6.22. The number of carbonyl (C=O) groups is 1. The molecule has 0 aliphatic heterocycles. The maximum absolute atomic E-state index is 13.2. The molecule has 0 aromatic heterocycles. The van der Waals surface area contributed by atoms with Crippen LogP contribution >= 0.6 is 31.9 Å². The van der Waals surface area contributed by atoms with Crippen molar-refractivity contribution in [1.29, 1.82) is 0 Å². The van der Waals surface area contributed by atoms with Gasteiger partial charge in [-0.1, -0.05) is 76.9 Å². The summed E-state index contributed by atoms with van der Waals surface area (Å²) >= 11 is 7.04. The second-order valence-corrected chi connectivity index (χ2v) is 10.1. The van der Waals surface area contributed by atoms with Gasteiger partial charge in [0.1, 0.15) is 0 Å². The lowest BCUT2D eigenvalue weighted by atomic mass is 9.68. The lowest BCUT2D eigenvalue weighted by Crippen LogP contribution is -2.29. The molecule has 3 heteroatoms. The first-order valence-electron chi connectivity index (χ1n) is 9.19. The Morgan fingerprint density at radius 2 is 1.30 bits per heavy atom. The van der Waals surface area contributed by atoms with E-state index in [1.807, 2.05) is 36.4 Å². The Labute approximate surface area is 178 Å². The van der Waals surface area contributed by atoms with E-state index in [0.29, 0.717) is 5.92 Å². The Morgan fingerprint density at radius 1 is 0.852 bits per heavy atom. The standard InChI is InChI=1S/C24H24Br2O/c1-24(2,3)20-14-18(10-16-6-4-8-21(25)12-16)23(27)19(15-20)11-17-7-5-9-22(26)13-17/h4-13,20H,14-15H2,1-3H3/b18-10+,19-11+. The van der Waals surface area contributed by atoms with Crippen molar-refractivity contribution >= 4 is 49.8 Å². The van der Waals surface area contributed by atoms with Gasteiger partial charge in [-0.05, 0) is 71.7 Å². The molecule has 0 spiro atoms. The van der Waals surface area contributed by atoms with Crippen LogP contribution in [0.15, 0.2) is 68.6 Å². The number of benzene rings is 2. The van der Waals surface area contributed by atoms with Crippen molar-refractivity contribution < 1.29 is 4.79 Å². The van der Waals surface area contributed by atoms with Gasteiger partial charge in [0.2, 0.25) is 0 Å². The molecule has 2 aromatic carbocycles. The molecule has 1 aliphatic rings. The topological polar surface area (TPSA) is 17.1 Å². The Bertz CT molecular complexity index is 848. The van der Waals surface area contributed by atoms with E-state index >= 15 is 0 Å². The number of allylic oxidation sites excluding steroid dienone is 2. The van der Waals surface area contributed by atoms with Gasteiger partial charge in [0.25, 0.3) is 0 Å². The molecule has 1 fully saturated rings. The SMILES string of the molecule is CC(C)(C)C1C/C(=C\c2cccc(Br)c2)C(=O)/C(=C/c2cccc(Br)c2)C1. The Morgan fingerprint density at radius 3 is 1.67 bits per heavy atom. The molecular weight excluding hydrogens is 464 g/mol. The summed E-state index contributed by atoms with van der Waals surface area (Å²) in [5.41, 5.74) is 4.07. The number of carbonyl (C=O) groups excluding carboxylic acids is 1. The molecule has 3 rings (SSSR count). The zero-order chi connectivity index (χ0) is 19.6. The fourth-order valence-electron chi connectivity index (χ4n) is 3.45. The number of hydrogen-bond acceptors (Lipinski definition) is 1. The van der Waals surface area contributed by atoms with Crippen LogP contribution < -0.4 is 0 Å². The van der Waals surface area contributed by atoms with Crippen molar-refractivity contribution in [2.24, 2.45) is 11.3 Å². The molecule has 140 valence electrons. The molecular formula is C24H24Br2O. The summed E-state index contributed by atoms with van der Waals surface area (Å²) in [6.45, 7) is 6.79. The van der Waals surface area contributed by atoms with Crippen LogP contribution in [0.25, 0.3) is 12.2 Å².